The van der Waals surface area contributed by atoms with E-state index in [1.165, 1.54) is 4.90 Å². The summed E-state index contributed by atoms with van der Waals surface area (Å²) in [6.45, 7) is 1.60. The molecule has 0 saturated carbocycles. The number of hydrogen-bond donors (Lipinski definition) is 0. The largest absolute Gasteiger partial charge is 0.496 e. The highest BCUT2D eigenvalue weighted by molar-refractivity contribution is 6.32. The Labute approximate surface area is 167 Å². The van der Waals surface area contributed by atoms with Crippen LogP contribution in [0, 0.1) is 6.92 Å². The first-order valence-corrected chi connectivity index (χ1v) is 9.43. The fourth-order valence-electron chi connectivity index (χ4n) is 3.49. The number of alkyl halides is 3. The van der Waals surface area contributed by atoms with Crippen LogP contribution >= 0.6 is 11.6 Å². The molecule has 28 heavy (non-hydrogen) atoms. The molecule has 3 nitrogen and oxygen atoms in total. The molecule has 0 amide bonds. The van der Waals surface area contributed by atoms with Crippen LogP contribution in [0.2, 0.25) is 5.02 Å². The Bertz CT molecular complexity index is 880. The molecule has 0 N–H and O–H groups in total. The third-order valence-electron chi connectivity index (χ3n) is 4.74. The molecular formula is C21H22ClF3N2O. The highest BCUT2D eigenvalue weighted by Gasteiger charge is 2.34. The maximum atomic E-state index is 12.9. The maximum absolute atomic E-state index is 12.9. The van der Waals surface area contributed by atoms with E-state index >= 15 is 0 Å². The van der Waals surface area contributed by atoms with Gasteiger partial charge in [-0.3, -0.25) is 4.99 Å². The number of methoxy groups -OCH3 is 1. The topological polar surface area (TPSA) is 24.8 Å². The molecule has 1 aliphatic heterocycles. The predicted molar refractivity (Wildman–Crippen MR) is 106 cm³/mol. The Morgan fingerprint density at radius 3 is 2.68 bits per heavy atom. The van der Waals surface area contributed by atoms with E-state index in [0.29, 0.717) is 35.8 Å². The smallest absolute Gasteiger partial charge is 0.405 e. The van der Waals surface area contributed by atoms with Gasteiger partial charge < -0.3 is 9.64 Å². The van der Waals surface area contributed by atoms with Crippen LogP contribution in [0.5, 0.6) is 5.75 Å². The Kier molecular flexibility index (Phi) is 6.18. The lowest BCUT2D eigenvalue weighted by atomic mass is 9.97. The molecule has 3 rings (SSSR count). The van der Waals surface area contributed by atoms with Crippen LogP contribution in [0.4, 0.5) is 13.2 Å². The Balaban J connectivity index is 1.88. The molecule has 0 spiro atoms. The van der Waals surface area contributed by atoms with E-state index in [4.69, 9.17) is 16.3 Å². The average Bonchev–Trinajstić information content (AvgIpc) is 3.06. The summed E-state index contributed by atoms with van der Waals surface area (Å²) in [6, 6.07) is 11.3. The van der Waals surface area contributed by atoms with Crippen molar-refractivity contribution in [1.82, 2.24) is 4.90 Å². The number of rotatable bonds is 6. The molecular weight excluding hydrogens is 389 g/mol. The first-order valence-electron chi connectivity index (χ1n) is 9.06. The van der Waals surface area contributed by atoms with E-state index in [9.17, 15) is 13.2 Å². The van der Waals surface area contributed by atoms with Crippen molar-refractivity contribution in [3.05, 3.63) is 63.7 Å². The molecule has 0 radical (unpaired) electrons. The third kappa shape index (κ3) is 4.79. The molecule has 2 aromatic carbocycles. The van der Waals surface area contributed by atoms with E-state index in [0.717, 1.165) is 22.4 Å². The van der Waals surface area contributed by atoms with Gasteiger partial charge >= 0.3 is 6.18 Å². The number of ether oxygens (including phenoxy) is 1. The van der Waals surface area contributed by atoms with Crippen LogP contribution in [0.1, 0.15) is 22.3 Å². The summed E-state index contributed by atoms with van der Waals surface area (Å²) in [5.41, 5.74) is 3.63. The molecule has 0 atom stereocenters. The first kappa shape index (κ1) is 20.5. The Hall–Kier alpha value is -2.21. The molecule has 150 valence electrons. The van der Waals surface area contributed by atoms with Gasteiger partial charge in [-0.2, -0.15) is 13.2 Å². The van der Waals surface area contributed by atoms with E-state index in [1.54, 1.807) is 25.3 Å². The molecule has 2 aromatic rings. The number of benzene rings is 2. The number of aliphatic imine (C=N–C) groups is 1. The number of halogens is 4. The van der Waals surface area contributed by atoms with Gasteiger partial charge in [0.25, 0.3) is 0 Å². The second-order valence-corrected chi connectivity index (χ2v) is 7.23. The second kappa shape index (κ2) is 8.43. The molecule has 1 aliphatic rings. The van der Waals surface area contributed by atoms with Crippen LogP contribution in [0.15, 0.2) is 41.4 Å². The Morgan fingerprint density at radius 1 is 1.18 bits per heavy atom. The van der Waals surface area contributed by atoms with Gasteiger partial charge in [0.05, 0.1) is 13.7 Å². The van der Waals surface area contributed by atoms with E-state index in [1.807, 2.05) is 19.1 Å². The van der Waals surface area contributed by atoms with Crippen molar-refractivity contribution >= 4 is 17.4 Å². The van der Waals surface area contributed by atoms with Crippen molar-refractivity contribution in [3.8, 4) is 5.75 Å². The SMILES string of the molecule is COc1ccc(C)cc1CCc1c(Cl)cccc1C1=NCCN1CC(F)(F)F. The highest BCUT2D eigenvalue weighted by Crippen LogP contribution is 2.28. The number of nitrogens with zero attached hydrogens (tertiary/aromatic N) is 2. The van der Waals surface area contributed by atoms with E-state index < -0.39 is 12.7 Å². The fourth-order valence-corrected chi connectivity index (χ4v) is 3.76. The molecule has 0 aromatic heterocycles. The molecule has 0 unspecified atom stereocenters. The highest BCUT2D eigenvalue weighted by atomic mass is 35.5. The summed E-state index contributed by atoms with van der Waals surface area (Å²) >= 11 is 6.43. The third-order valence-corrected chi connectivity index (χ3v) is 5.10. The molecule has 1 heterocycles. The molecule has 0 fully saturated rings. The van der Waals surface area contributed by atoms with Gasteiger partial charge in [0.2, 0.25) is 0 Å². The fraction of sp³-hybridized carbons (Fsp3) is 0.381. The first-order chi connectivity index (χ1) is 13.3. The molecule has 0 saturated heterocycles. The molecule has 0 bridgehead atoms. The average molecular weight is 411 g/mol. The zero-order valence-electron chi connectivity index (χ0n) is 15.8. The van der Waals surface area contributed by atoms with Crippen molar-refractivity contribution in [3.63, 3.8) is 0 Å². The van der Waals surface area contributed by atoms with Crippen LogP contribution in [-0.4, -0.2) is 43.7 Å². The van der Waals surface area contributed by atoms with E-state index in [2.05, 4.69) is 11.1 Å². The lowest BCUT2D eigenvalue weighted by Crippen LogP contribution is -2.37. The summed E-state index contributed by atoms with van der Waals surface area (Å²) in [5, 5.41) is 0.533. The van der Waals surface area contributed by atoms with Crippen molar-refractivity contribution in [1.29, 1.82) is 0 Å². The standard InChI is InChI=1S/C21H22ClF3N2O/c1-14-6-9-19(28-2)15(12-14)7-8-16-17(4-3-5-18(16)22)20-26-10-11-27(20)13-21(23,24)25/h3-6,9,12H,7-8,10-11,13H2,1-2H3. The predicted octanol–water partition coefficient (Wildman–Crippen LogP) is 5.07. The Morgan fingerprint density at radius 2 is 1.96 bits per heavy atom. The zero-order chi connectivity index (χ0) is 20.3. The van der Waals surface area contributed by atoms with Crippen LogP contribution in [0.3, 0.4) is 0 Å². The van der Waals surface area contributed by atoms with Gasteiger partial charge in [0.1, 0.15) is 18.1 Å². The minimum absolute atomic E-state index is 0.256. The molecule has 0 aliphatic carbocycles. The van der Waals surface area contributed by atoms with Crippen molar-refractivity contribution < 1.29 is 17.9 Å². The minimum Gasteiger partial charge on any atom is -0.496 e. The summed E-state index contributed by atoms with van der Waals surface area (Å²) in [6.07, 6.45) is -3.04. The van der Waals surface area contributed by atoms with Crippen molar-refractivity contribution in [2.75, 3.05) is 26.7 Å². The second-order valence-electron chi connectivity index (χ2n) is 6.82. The monoisotopic (exact) mass is 410 g/mol. The van der Waals surface area contributed by atoms with Crippen LogP contribution < -0.4 is 4.74 Å². The van der Waals surface area contributed by atoms with Gasteiger partial charge in [-0.05, 0) is 43.0 Å². The van der Waals surface area contributed by atoms with Gasteiger partial charge in [0, 0.05) is 17.1 Å². The number of amidine groups is 1. The van der Waals surface area contributed by atoms with Crippen molar-refractivity contribution in [2.45, 2.75) is 25.9 Å². The summed E-state index contributed by atoms with van der Waals surface area (Å²) < 4.78 is 44.2. The summed E-state index contributed by atoms with van der Waals surface area (Å²) in [7, 11) is 1.62. The van der Waals surface area contributed by atoms with Crippen LogP contribution in [-0.2, 0) is 12.8 Å². The van der Waals surface area contributed by atoms with Gasteiger partial charge in [0.15, 0.2) is 0 Å². The zero-order valence-corrected chi connectivity index (χ0v) is 16.6. The number of aryl methyl sites for hydroxylation is 2. The quantitative estimate of drug-likeness (QED) is 0.664. The maximum Gasteiger partial charge on any atom is 0.405 e. The summed E-state index contributed by atoms with van der Waals surface area (Å²) in [4.78, 5) is 5.62. The van der Waals surface area contributed by atoms with Gasteiger partial charge in [-0.25, -0.2) is 0 Å². The van der Waals surface area contributed by atoms with Crippen molar-refractivity contribution in [2.24, 2.45) is 4.99 Å². The number of hydrogen-bond acceptors (Lipinski definition) is 3. The minimum atomic E-state index is -4.28. The van der Waals surface area contributed by atoms with Gasteiger partial charge in [-0.15, -0.1) is 0 Å². The molecule has 7 heteroatoms. The summed E-state index contributed by atoms with van der Waals surface area (Å²) in [5.74, 6) is 1.15. The van der Waals surface area contributed by atoms with Crippen LogP contribution in [0.25, 0.3) is 0 Å². The lowest BCUT2D eigenvalue weighted by Gasteiger charge is -2.23. The lowest BCUT2D eigenvalue weighted by molar-refractivity contribution is -0.136. The van der Waals surface area contributed by atoms with Gasteiger partial charge in [-0.1, -0.05) is 41.4 Å². The van der Waals surface area contributed by atoms with E-state index in [-0.39, 0.29) is 6.54 Å². The normalized spacial score (nSPS) is 14.4.